The summed E-state index contributed by atoms with van der Waals surface area (Å²) < 4.78 is 0. The molecule has 0 bridgehead atoms. The normalized spacial score (nSPS) is 18.9. The highest BCUT2D eigenvalue weighted by Crippen LogP contribution is 2.56. The molecule has 1 heterocycles. The second kappa shape index (κ2) is 4.62. The zero-order valence-corrected chi connectivity index (χ0v) is 13.0. The molecule has 1 fully saturated rings. The fourth-order valence-electron chi connectivity index (χ4n) is 4.53. The van der Waals surface area contributed by atoms with Crippen LogP contribution in [0, 0.1) is 0 Å². The van der Waals surface area contributed by atoms with Gasteiger partial charge in [0.15, 0.2) is 0 Å². The molecule has 0 atom stereocenters. The summed E-state index contributed by atoms with van der Waals surface area (Å²) in [4.78, 5) is 2.52. The third-order valence-corrected chi connectivity index (χ3v) is 5.33. The Morgan fingerprint density at radius 3 is 1.76 bits per heavy atom. The quantitative estimate of drug-likeness (QED) is 0.674. The molecule has 1 aliphatic heterocycles. The van der Waals surface area contributed by atoms with Gasteiger partial charge in [0, 0.05) is 22.8 Å². The molecule has 0 aromatic heterocycles. The Morgan fingerprint density at radius 2 is 1.29 bits per heavy atom. The van der Waals surface area contributed by atoms with E-state index in [9.17, 15) is 0 Å². The Hall–Kier alpha value is -1.76. The van der Waals surface area contributed by atoms with E-state index < -0.39 is 0 Å². The standard InChI is InChI=1S/C20H23N/c1-15(2)21-18-11-5-3-9-16(18)20(13-7-8-14-20)17-10-4-6-12-19(17)21/h3-6,9-12,15H,7-8,13-14H2,1-2H3. The highest BCUT2D eigenvalue weighted by molar-refractivity contribution is 5.78. The number of benzene rings is 2. The summed E-state index contributed by atoms with van der Waals surface area (Å²) in [6, 6.07) is 18.6. The van der Waals surface area contributed by atoms with Crippen LogP contribution >= 0.6 is 0 Å². The molecule has 1 spiro atoms. The van der Waals surface area contributed by atoms with Gasteiger partial charge >= 0.3 is 0 Å². The van der Waals surface area contributed by atoms with Crippen molar-refractivity contribution in [2.75, 3.05) is 4.90 Å². The Bertz CT molecular complexity index is 616. The van der Waals surface area contributed by atoms with E-state index >= 15 is 0 Å². The minimum absolute atomic E-state index is 0.262. The monoisotopic (exact) mass is 277 g/mol. The van der Waals surface area contributed by atoms with E-state index in [2.05, 4.69) is 67.3 Å². The van der Waals surface area contributed by atoms with Gasteiger partial charge in [0.1, 0.15) is 0 Å². The lowest BCUT2D eigenvalue weighted by Crippen LogP contribution is -2.38. The van der Waals surface area contributed by atoms with Crippen molar-refractivity contribution in [2.24, 2.45) is 0 Å². The van der Waals surface area contributed by atoms with Crippen molar-refractivity contribution in [3.63, 3.8) is 0 Å². The number of nitrogens with zero attached hydrogens (tertiary/aromatic N) is 1. The van der Waals surface area contributed by atoms with Crippen molar-refractivity contribution in [1.29, 1.82) is 0 Å². The average Bonchev–Trinajstić information content (AvgIpc) is 2.98. The Morgan fingerprint density at radius 1 is 0.810 bits per heavy atom. The van der Waals surface area contributed by atoms with Crippen LogP contribution in [0.25, 0.3) is 0 Å². The highest BCUT2D eigenvalue weighted by atomic mass is 15.2. The van der Waals surface area contributed by atoms with Gasteiger partial charge in [0.25, 0.3) is 0 Å². The summed E-state index contributed by atoms with van der Waals surface area (Å²) in [5.74, 6) is 0. The molecule has 0 radical (unpaired) electrons. The van der Waals surface area contributed by atoms with Crippen molar-refractivity contribution < 1.29 is 0 Å². The van der Waals surface area contributed by atoms with Crippen molar-refractivity contribution in [1.82, 2.24) is 0 Å². The fourth-order valence-corrected chi connectivity index (χ4v) is 4.53. The van der Waals surface area contributed by atoms with Crippen LogP contribution in [0.1, 0.15) is 50.7 Å². The van der Waals surface area contributed by atoms with E-state index in [0.29, 0.717) is 6.04 Å². The Labute approximate surface area is 127 Å². The lowest BCUT2D eigenvalue weighted by Gasteiger charge is -2.45. The first kappa shape index (κ1) is 12.9. The van der Waals surface area contributed by atoms with Gasteiger partial charge < -0.3 is 4.90 Å². The molecular weight excluding hydrogens is 254 g/mol. The predicted octanol–water partition coefficient (Wildman–Crippen LogP) is 5.41. The van der Waals surface area contributed by atoms with Crippen LogP contribution in [0.5, 0.6) is 0 Å². The van der Waals surface area contributed by atoms with E-state index in [0.717, 1.165) is 0 Å². The van der Waals surface area contributed by atoms with E-state index in [1.165, 1.54) is 37.1 Å². The van der Waals surface area contributed by atoms with E-state index in [1.54, 1.807) is 11.1 Å². The topological polar surface area (TPSA) is 3.24 Å². The number of rotatable bonds is 1. The van der Waals surface area contributed by atoms with Gasteiger partial charge in [-0.3, -0.25) is 0 Å². The van der Waals surface area contributed by atoms with E-state index in [4.69, 9.17) is 0 Å². The lowest BCUT2D eigenvalue weighted by atomic mass is 9.69. The summed E-state index contributed by atoms with van der Waals surface area (Å²) >= 11 is 0. The molecule has 1 saturated carbocycles. The molecule has 108 valence electrons. The second-order valence-electron chi connectivity index (χ2n) is 6.79. The summed E-state index contributed by atoms with van der Waals surface area (Å²) in [7, 11) is 0. The van der Waals surface area contributed by atoms with Crippen LogP contribution in [-0.4, -0.2) is 6.04 Å². The maximum absolute atomic E-state index is 2.52. The summed E-state index contributed by atoms with van der Waals surface area (Å²) in [6.45, 7) is 4.58. The molecule has 1 heteroatoms. The molecule has 4 rings (SSSR count). The van der Waals surface area contributed by atoms with Gasteiger partial charge in [0.2, 0.25) is 0 Å². The summed E-state index contributed by atoms with van der Waals surface area (Å²) in [5.41, 5.74) is 6.21. The van der Waals surface area contributed by atoms with Crippen LogP contribution in [-0.2, 0) is 5.41 Å². The van der Waals surface area contributed by atoms with Crippen molar-refractivity contribution in [3.05, 3.63) is 59.7 Å². The van der Waals surface area contributed by atoms with E-state index in [1.807, 2.05) is 0 Å². The zero-order chi connectivity index (χ0) is 14.4. The molecule has 21 heavy (non-hydrogen) atoms. The lowest BCUT2D eigenvalue weighted by molar-refractivity contribution is 0.522. The Balaban J connectivity index is 2.04. The number of para-hydroxylation sites is 2. The molecule has 2 aromatic carbocycles. The third kappa shape index (κ3) is 1.70. The van der Waals surface area contributed by atoms with Crippen LogP contribution in [0.4, 0.5) is 11.4 Å². The second-order valence-corrected chi connectivity index (χ2v) is 6.79. The maximum atomic E-state index is 2.52. The molecule has 1 nitrogen and oxygen atoms in total. The molecular formula is C20H23N. The van der Waals surface area contributed by atoms with Crippen LogP contribution in [0.3, 0.4) is 0 Å². The number of hydrogen-bond donors (Lipinski definition) is 0. The number of hydrogen-bond acceptors (Lipinski definition) is 1. The molecule has 2 aromatic rings. The van der Waals surface area contributed by atoms with Crippen LogP contribution in [0.2, 0.25) is 0 Å². The summed E-state index contributed by atoms with van der Waals surface area (Å²) in [6.07, 6.45) is 5.30. The predicted molar refractivity (Wildman–Crippen MR) is 89.4 cm³/mol. The first-order chi connectivity index (χ1) is 10.2. The van der Waals surface area contributed by atoms with Crippen LogP contribution in [0.15, 0.2) is 48.5 Å². The first-order valence-corrected chi connectivity index (χ1v) is 8.22. The summed E-state index contributed by atoms with van der Waals surface area (Å²) in [5, 5.41) is 0. The minimum atomic E-state index is 0.262. The van der Waals surface area contributed by atoms with Gasteiger partial charge in [-0.1, -0.05) is 49.2 Å². The number of fused-ring (bicyclic) bond motifs is 4. The smallest absolute Gasteiger partial charge is 0.0454 e. The first-order valence-electron chi connectivity index (χ1n) is 8.22. The largest absolute Gasteiger partial charge is 0.338 e. The molecule has 0 unspecified atom stereocenters. The van der Waals surface area contributed by atoms with E-state index in [-0.39, 0.29) is 5.41 Å². The van der Waals surface area contributed by atoms with Gasteiger partial charge in [-0.2, -0.15) is 0 Å². The van der Waals surface area contributed by atoms with Crippen LogP contribution < -0.4 is 4.90 Å². The van der Waals surface area contributed by atoms with Crippen molar-refractivity contribution in [2.45, 2.75) is 51.0 Å². The number of anilines is 2. The Kier molecular flexibility index (Phi) is 2.85. The maximum Gasteiger partial charge on any atom is 0.0454 e. The minimum Gasteiger partial charge on any atom is -0.338 e. The van der Waals surface area contributed by atoms with Gasteiger partial charge in [-0.05, 0) is 49.9 Å². The zero-order valence-electron chi connectivity index (χ0n) is 13.0. The molecule has 0 saturated heterocycles. The van der Waals surface area contributed by atoms with Gasteiger partial charge in [-0.25, -0.2) is 0 Å². The molecule has 0 amide bonds. The highest BCUT2D eigenvalue weighted by Gasteiger charge is 2.44. The van der Waals surface area contributed by atoms with Crippen molar-refractivity contribution in [3.8, 4) is 0 Å². The molecule has 1 aliphatic carbocycles. The van der Waals surface area contributed by atoms with Crippen molar-refractivity contribution >= 4 is 11.4 Å². The molecule has 0 N–H and O–H groups in total. The molecule has 2 aliphatic rings. The van der Waals surface area contributed by atoms with Gasteiger partial charge in [0.05, 0.1) is 0 Å². The van der Waals surface area contributed by atoms with Gasteiger partial charge in [-0.15, -0.1) is 0 Å². The third-order valence-electron chi connectivity index (χ3n) is 5.33. The fraction of sp³-hybridized carbons (Fsp3) is 0.400. The SMILES string of the molecule is CC(C)N1c2ccccc2C2(CCCC2)c2ccccc21. The average molecular weight is 277 g/mol.